The van der Waals surface area contributed by atoms with E-state index in [1.165, 1.54) is 23.5 Å². The number of carbonyl (C=O) groups is 2. The predicted molar refractivity (Wildman–Crippen MR) is 100 cm³/mol. The topological polar surface area (TPSA) is 92.1 Å². The molecule has 0 aliphatic carbocycles. The molecule has 136 valence electrons. The molecule has 0 radical (unpaired) electrons. The Hall–Kier alpha value is -3.09. The summed E-state index contributed by atoms with van der Waals surface area (Å²) in [6.45, 7) is 1.18. The molecular weight excluding hydrogens is 389 g/mol. The van der Waals surface area contributed by atoms with E-state index in [-0.39, 0.29) is 10.7 Å². The van der Waals surface area contributed by atoms with E-state index in [9.17, 15) is 14.0 Å². The fourth-order valence-corrected chi connectivity index (χ4v) is 3.87. The van der Waals surface area contributed by atoms with Crippen LogP contribution in [0.5, 0.6) is 0 Å². The maximum Gasteiger partial charge on any atom is 0.350 e. The van der Waals surface area contributed by atoms with Crippen molar-refractivity contribution < 1.29 is 18.7 Å². The first-order chi connectivity index (χ1) is 13.0. The molecule has 0 saturated heterocycles. The Morgan fingerprint density at radius 1 is 1.30 bits per heavy atom. The summed E-state index contributed by atoms with van der Waals surface area (Å²) in [7, 11) is 0. The number of nitriles is 1. The highest BCUT2D eigenvalue weighted by Crippen LogP contribution is 2.28. The van der Waals surface area contributed by atoms with Crippen molar-refractivity contribution in [3.8, 4) is 16.6 Å². The SMILES string of the molecule is Cc1nc(-c2ccc(F)cc2)sc1C(=O)OCC(=O)Nc1sccc1C#N. The van der Waals surface area contributed by atoms with Gasteiger partial charge in [0.25, 0.3) is 5.91 Å². The largest absolute Gasteiger partial charge is 0.451 e. The second-order valence-corrected chi connectivity index (χ2v) is 7.26. The van der Waals surface area contributed by atoms with Gasteiger partial charge in [-0.2, -0.15) is 5.26 Å². The molecule has 3 rings (SSSR count). The van der Waals surface area contributed by atoms with Gasteiger partial charge in [0.2, 0.25) is 0 Å². The van der Waals surface area contributed by atoms with Gasteiger partial charge < -0.3 is 10.1 Å². The number of anilines is 1. The zero-order valence-electron chi connectivity index (χ0n) is 14.0. The molecule has 0 atom stereocenters. The van der Waals surface area contributed by atoms with Crippen LogP contribution in [0.15, 0.2) is 35.7 Å². The molecule has 27 heavy (non-hydrogen) atoms. The molecule has 1 amide bonds. The first-order valence-electron chi connectivity index (χ1n) is 7.66. The van der Waals surface area contributed by atoms with Crippen LogP contribution in [0.4, 0.5) is 9.39 Å². The lowest BCUT2D eigenvalue weighted by molar-refractivity contribution is -0.119. The number of nitrogens with one attached hydrogen (secondary N) is 1. The van der Waals surface area contributed by atoms with Crippen molar-refractivity contribution in [3.63, 3.8) is 0 Å². The van der Waals surface area contributed by atoms with Gasteiger partial charge in [0.05, 0.1) is 11.3 Å². The molecule has 9 heteroatoms. The summed E-state index contributed by atoms with van der Waals surface area (Å²) >= 11 is 2.32. The van der Waals surface area contributed by atoms with Crippen molar-refractivity contribution in [1.82, 2.24) is 4.98 Å². The number of thiazole rings is 1. The Kier molecular flexibility index (Phi) is 5.59. The van der Waals surface area contributed by atoms with Gasteiger partial charge in [0.1, 0.15) is 26.8 Å². The van der Waals surface area contributed by atoms with Crippen molar-refractivity contribution in [2.45, 2.75) is 6.92 Å². The average molecular weight is 401 g/mol. The number of benzene rings is 1. The Labute approximate surface area is 161 Å². The third-order valence-corrected chi connectivity index (χ3v) is 5.46. The van der Waals surface area contributed by atoms with E-state index in [1.807, 2.05) is 6.07 Å². The van der Waals surface area contributed by atoms with E-state index in [4.69, 9.17) is 10.00 Å². The van der Waals surface area contributed by atoms with E-state index >= 15 is 0 Å². The number of aryl methyl sites for hydroxylation is 1. The van der Waals surface area contributed by atoms with Crippen molar-refractivity contribution in [1.29, 1.82) is 5.26 Å². The minimum Gasteiger partial charge on any atom is -0.451 e. The van der Waals surface area contributed by atoms with E-state index in [0.717, 1.165) is 11.3 Å². The summed E-state index contributed by atoms with van der Waals surface area (Å²) in [5.41, 5.74) is 1.50. The lowest BCUT2D eigenvalue weighted by atomic mass is 10.2. The number of hydrogen-bond acceptors (Lipinski definition) is 7. The summed E-state index contributed by atoms with van der Waals surface area (Å²) in [5, 5.41) is 14.1. The number of halogens is 1. The highest BCUT2D eigenvalue weighted by atomic mass is 32.1. The lowest BCUT2D eigenvalue weighted by Gasteiger charge is -2.04. The molecular formula is C18H12FN3O3S2. The number of nitrogens with zero attached hydrogens (tertiary/aromatic N) is 2. The van der Waals surface area contributed by atoms with Gasteiger partial charge in [-0.05, 0) is 42.6 Å². The zero-order valence-corrected chi connectivity index (χ0v) is 15.6. The zero-order chi connectivity index (χ0) is 19.4. The van der Waals surface area contributed by atoms with Crippen LogP contribution in [0.25, 0.3) is 10.6 Å². The molecule has 1 aromatic carbocycles. The molecule has 0 aliphatic rings. The van der Waals surface area contributed by atoms with Gasteiger partial charge in [0, 0.05) is 5.56 Å². The Balaban J connectivity index is 1.64. The molecule has 2 heterocycles. The molecule has 3 aromatic rings. The first-order valence-corrected chi connectivity index (χ1v) is 9.35. The molecule has 0 aliphatic heterocycles. The third-order valence-electron chi connectivity index (χ3n) is 3.45. The lowest BCUT2D eigenvalue weighted by Crippen LogP contribution is -2.20. The molecule has 2 aromatic heterocycles. The van der Waals surface area contributed by atoms with E-state index in [2.05, 4.69) is 10.3 Å². The van der Waals surface area contributed by atoms with Gasteiger partial charge in [0.15, 0.2) is 6.61 Å². The number of thiophene rings is 1. The van der Waals surface area contributed by atoms with Crippen LogP contribution in [0.3, 0.4) is 0 Å². The van der Waals surface area contributed by atoms with Crippen molar-refractivity contribution >= 4 is 39.6 Å². The van der Waals surface area contributed by atoms with Crippen LogP contribution in [0, 0.1) is 24.1 Å². The molecule has 0 saturated carbocycles. The van der Waals surface area contributed by atoms with E-state index in [0.29, 0.717) is 26.8 Å². The summed E-state index contributed by atoms with van der Waals surface area (Å²) in [4.78, 5) is 28.7. The number of rotatable bonds is 5. The van der Waals surface area contributed by atoms with Gasteiger partial charge in [-0.1, -0.05) is 0 Å². The van der Waals surface area contributed by atoms with Gasteiger partial charge in [-0.15, -0.1) is 22.7 Å². The van der Waals surface area contributed by atoms with Crippen LogP contribution in [0.2, 0.25) is 0 Å². The summed E-state index contributed by atoms with van der Waals surface area (Å²) < 4.78 is 18.1. The van der Waals surface area contributed by atoms with Crippen LogP contribution >= 0.6 is 22.7 Å². The van der Waals surface area contributed by atoms with Gasteiger partial charge in [-0.25, -0.2) is 14.2 Å². The first kappa shape index (κ1) is 18.7. The van der Waals surface area contributed by atoms with Crippen LogP contribution in [-0.4, -0.2) is 23.5 Å². The van der Waals surface area contributed by atoms with Crippen molar-refractivity contribution in [2.24, 2.45) is 0 Å². The van der Waals surface area contributed by atoms with Gasteiger partial charge >= 0.3 is 5.97 Å². The van der Waals surface area contributed by atoms with E-state index in [1.54, 1.807) is 30.5 Å². The van der Waals surface area contributed by atoms with Crippen LogP contribution in [-0.2, 0) is 9.53 Å². The predicted octanol–water partition coefficient (Wildman–Crippen LogP) is 3.99. The second-order valence-electron chi connectivity index (χ2n) is 5.34. The van der Waals surface area contributed by atoms with Crippen molar-refractivity contribution in [3.05, 3.63) is 57.7 Å². The maximum atomic E-state index is 13.0. The van der Waals surface area contributed by atoms with Crippen LogP contribution in [0.1, 0.15) is 20.9 Å². The van der Waals surface area contributed by atoms with E-state index < -0.39 is 18.5 Å². The minimum atomic E-state index is -0.666. The molecule has 0 bridgehead atoms. The number of aromatic nitrogens is 1. The van der Waals surface area contributed by atoms with Crippen LogP contribution < -0.4 is 5.32 Å². The number of hydrogen-bond donors (Lipinski definition) is 1. The number of amides is 1. The normalized spacial score (nSPS) is 10.3. The highest BCUT2D eigenvalue weighted by molar-refractivity contribution is 7.17. The Bertz CT molecular complexity index is 1040. The Morgan fingerprint density at radius 2 is 2.04 bits per heavy atom. The summed E-state index contributed by atoms with van der Waals surface area (Å²) in [5.74, 6) is -1.56. The summed E-state index contributed by atoms with van der Waals surface area (Å²) in [6, 6.07) is 9.32. The Morgan fingerprint density at radius 3 is 2.74 bits per heavy atom. The molecule has 6 nitrogen and oxygen atoms in total. The van der Waals surface area contributed by atoms with Gasteiger partial charge in [-0.3, -0.25) is 4.79 Å². The minimum absolute atomic E-state index is 0.274. The monoisotopic (exact) mass is 401 g/mol. The fourth-order valence-electron chi connectivity index (χ4n) is 2.16. The van der Waals surface area contributed by atoms with Crippen molar-refractivity contribution in [2.75, 3.05) is 11.9 Å². The number of esters is 1. The smallest absolute Gasteiger partial charge is 0.350 e. The standard InChI is InChI=1S/C18H12FN3O3S2/c1-10-15(27-17(21-10)11-2-4-13(19)5-3-11)18(24)25-9-14(23)22-16-12(8-20)6-7-26-16/h2-7H,9H2,1H3,(H,22,23). The molecule has 1 N–H and O–H groups in total. The quantitative estimate of drug-likeness (QED) is 0.653. The second kappa shape index (κ2) is 8.07. The number of ether oxygens (including phenoxy) is 1. The maximum absolute atomic E-state index is 13.0. The summed E-state index contributed by atoms with van der Waals surface area (Å²) in [6.07, 6.45) is 0. The molecule has 0 unspecified atom stereocenters. The highest BCUT2D eigenvalue weighted by Gasteiger charge is 2.19. The molecule has 0 spiro atoms. The molecule has 0 fully saturated rings. The third kappa shape index (κ3) is 4.36. The number of carbonyl (C=O) groups excluding carboxylic acids is 2. The average Bonchev–Trinajstić information content (AvgIpc) is 3.26. The fraction of sp³-hybridized carbons (Fsp3) is 0.111.